The summed E-state index contributed by atoms with van der Waals surface area (Å²) in [5.74, 6) is 0. The first kappa shape index (κ1) is 18.5. The number of rotatable bonds is 2. The Kier molecular flexibility index (Phi) is 5.39. The number of carbonyl (C=O) groups excluding carboxylic acids is 2. The Balaban J connectivity index is 1.44. The lowest BCUT2D eigenvalue weighted by Gasteiger charge is -2.33. The highest BCUT2D eigenvalue weighted by Gasteiger charge is 2.27. The van der Waals surface area contributed by atoms with Crippen LogP contribution in [0.5, 0.6) is 0 Å². The molecule has 6 nitrogen and oxygen atoms in total. The molecule has 1 aliphatic carbocycles. The van der Waals surface area contributed by atoms with E-state index < -0.39 is 5.60 Å². The van der Waals surface area contributed by atoms with E-state index in [0.717, 1.165) is 31.4 Å². The smallest absolute Gasteiger partial charge is 0.410 e. The number of aryl methyl sites for hydroxylation is 2. The van der Waals surface area contributed by atoms with Gasteiger partial charge in [0.15, 0.2) is 0 Å². The molecule has 0 saturated carbocycles. The number of piperidine rings is 1. The zero-order valence-corrected chi connectivity index (χ0v) is 15.9. The summed E-state index contributed by atoms with van der Waals surface area (Å²) in [6, 6.07) is 6.04. The van der Waals surface area contributed by atoms with Gasteiger partial charge in [0.2, 0.25) is 0 Å². The SMILES string of the molecule is CC(C)(C)OC(=O)N1CCC(NC(=O)Nc2ccc3c(c2)CCC3)CC1. The second-order valence-electron chi connectivity index (χ2n) is 8.18. The molecule has 3 rings (SSSR count). The van der Waals surface area contributed by atoms with Gasteiger partial charge >= 0.3 is 12.1 Å². The molecule has 3 amide bonds. The minimum atomic E-state index is -0.484. The largest absolute Gasteiger partial charge is 0.444 e. The van der Waals surface area contributed by atoms with Gasteiger partial charge in [0.25, 0.3) is 0 Å². The lowest BCUT2D eigenvalue weighted by molar-refractivity contribution is 0.0202. The van der Waals surface area contributed by atoms with Gasteiger partial charge in [-0.05, 0) is 76.1 Å². The van der Waals surface area contributed by atoms with Crippen molar-refractivity contribution in [3.05, 3.63) is 29.3 Å². The number of amides is 3. The molecule has 1 aromatic rings. The lowest BCUT2D eigenvalue weighted by Crippen LogP contribution is -2.48. The zero-order chi connectivity index (χ0) is 18.7. The highest BCUT2D eigenvalue weighted by Crippen LogP contribution is 2.25. The van der Waals surface area contributed by atoms with Crippen molar-refractivity contribution in [3.63, 3.8) is 0 Å². The molecule has 26 heavy (non-hydrogen) atoms. The summed E-state index contributed by atoms with van der Waals surface area (Å²) in [4.78, 5) is 26.0. The third-order valence-corrected chi connectivity index (χ3v) is 4.84. The molecule has 6 heteroatoms. The number of hydrogen-bond donors (Lipinski definition) is 2. The van der Waals surface area contributed by atoms with Crippen molar-refractivity contribution in [2.75, 3.05) is 18.4 Å². The monoisotopic (exact) mass is 359 g/mol. The first-order valence-corrected chi connectivity index (χ1v) is 9.47. The van der Waals surface area contributed by atoms with Gasteiger partial charge < -0.3 is 20.3 Å². The molecule has 1 saturated heterocycles. The highest BCUT2D eigenvalue weighted by atomic mass is 16.6. The third-order valence-electron chi connectivity index (χ3n) is 4.84. The van der Waals surface area contributed by atoms with Crippen molar-refractivity contribution >= 4 is 17.8 Å². The number of benzene rings is 1. The Labute approximate surface area is 155 Å². The Morgan fingerprint density at radius 2 is 1.81 bits per heavy atom. The number of ether oxygens (including phenoxy) is 1. The van der Waals surface area contributed by atoms with Crippen LogP contribution in [0, 0.1) is 0 Å². The molecule has 1 heterocycles. The number of nitrogens with zero attached hydrogens (tertiary/aromatic N) is 1. The van der Waals surface area contributed by atoms with Crippen LogP contribution >= 0.6 is 0 Å². The Hall–Kier alpha value is -2.24. The number of hydrogen-bond acceptors (Lipinski definition) is 3. The van der Waals surface area contributed by atoms with Crippen molar-refractivity contribution < 1.29 is 14.3 Å². The van der Waals surface area contributed by atoms with E-state index in [4.69, 9.17) is 4.74 Å². The quantitative estimate of drug-likeness (QED) is 0.846. The second kappa shape index (κ2) is 7.56. The van der Waals surface area contributed by atoms with Crippen molar-refractivity contribution in [1.29, 1.82) is 0 Å². The average Bonchev–Trinajstić information content (AvgIpc) is 3.01. The van der Waals surface area contributed by atoms with Gasteiger partial charge in [-0.1, -0.05) is 6.07 Å². The van der Waals surface area contributed by atoms with Crippen LogP contribution in [0.3, 0.4) is 0 Å². The maximum absolute atomic E-state index is 12.3. The van der Waals surface area contributed by atoms with E-state index in [9.17, 15) is 9.59 Å². The van der Waals surface area contributed by atoms with Crippen LogP contribution in [0.15, 0.2) is 18.2 Å². The van der Waals surface area contributed by atoms with Crippen LogP contribution in [0.1, 0.15) is 51.2 Å². The van der Waals surface area contributed by atoms with Gasteiger partial charge in [-0.15, -0.1) is 0 Å². The molecule has 0 spiro atoms. The molecule has 0 unspecified atom stereocenters. The van der Waals surface area contributed by atoms with Gasteiger partial charge in [-0.2, -0.15) is 0 Å². The normalized spacial score (nSPS) is 17.6. The Morgan fingerprint density at radius 1 is 1.12 bits per heavy atom. The molecule has 1 aromatic carbocycles. The van der Waals surface area contributed by atoms with Crippen LogP contribution < -0.4 is 10.6 Å². The van der Waals surface area contributed by atoms with Crippen LogP contribution in [-0.4, -0.2) is 41.8 Å². The molecule has 0 aromatic heterocycles. The summed E-state index contributed by atoms with van der Waals surface area (Å²) in [5.41, 5.74) is 3.09. The molecule has 1 aliphatic heterocycles. The molecular formula is C20H29N3O3. The van der Waals surface area contributed by atoms with Crippen molar-refractivity contribution in [1.82, 2.24) is 10.2 Å². The lowest BCUT2D eigenvalue weighted by atomic mass is 10.1. The number of likely N-dealkylation sites (tertiary alicyclic amines) is 1. The number of fused-ring (bicyclic) bond motifs is 1. The average molecular weight is 359 g/mol. The number of carbonyl (C=O) groups is 2. The van der Waals surface area contributed by atoms with Gasteiger partial charge in [-0.25, -0.2) is 9.59 Å². The minimum absolute atomic E-state index is 0.0723. The van der Waals surface area contributed by atoms with Crippen molar-refractivity contribution in [2.45, 2.75) is 64.5 Å². The van der Waals surface area contributed by atoms with E-state index in [2.05, 4.69) is 22.8 Å². The van der Waals surface area contributed by atoms with Gasteiger partial charge in [0, 0.05) is 24.8 Å². The topological polar surface area (TPSA) is 70.7 Å². The maximum Gasteiger partial charge on any atom is 0.410 e. The number of urea groups is 1. The predicted molar refractivity (Wildman–Crippen MR) is 101 cm³/mol. The van der Waals surface area contributed by atoms with Crippen molar-refractivity contribution in [2.24, 2.45) is 0 Å². The Bertz CT molecular complexity index is 673. The molecule has 0 bridgehead atoms. The van der Waals surface area contributed by atoms with Crippen LogP contribution in [0.2, 0.25) is 0 Å². The van der Waals surface area contributed by atoms with Gasteiger partial charge in [-0.3, -0.25) is 0 Å². The van der Waals surface area contributed by atoms with E-state index in [1.807, 2.05) is 26.8 Å². The fourth-order valence-electron chi connectivity index (χ4n) is 3.54. The summed E-state index contributed by atoms with van der Waals surface area (Å²) >= 11 is 0. The van der Waals surface area contributed by atoms with E-state index >= 15 is 0 Å². The molecule has 0 radical (unpaired) electrons. The molecule has 2 aliphatic rings. The van der Waals surface area contributed by atoms with E-state index in [1.54, 1.807) is 4.90 Å². The zero-order valence-electron chi connectivity index (χ0n) is 15.9. The van der Waals surface area contributed by atoms with Gasteiger partial charge in [0.05, 0.1) is 0 Å². The fraction of sp³-hybridized carbons (Fsp3) is 0.600. The number of anilines is 1. The first-order valence-electron chi connectivity index (χ1n) is 9.47. The summed E-state index contributed by atoms with van der Waals surface area (Å²) in [7, 11) is 0. The molecule has 1 fully saturated rings. The van der Waals surface area contributed by atoms with E-state index in [-0.39, 0.29) is 18.2 Å². The van der Waals surface area contributed by atoms with Crippen molar-refractivity contribution in [3.8, 4) is 0 Å². The summed E-state index contributed by atoms with van der Waals surface area (Å²) in [6.07, 6.45) is 4.61. The summed E-state index contributed by atoms with van der Waals surface area (Å²) in [6.45, 7) is 6.78. The number of nitrogens with one attached hydrogen (secondary N) is 2. The van der Waals surface area contributed by atoms with E-state index in [1.165, 1.54) is 17.5 Å². The van der Waals surface area contributed by atoms with Crippen LogP contribution in [0.25, 0.3) is 0 Å². The minimum Gasteiger partial charge on any atom is -0.444 e. The van der Waals surface area contributed by atoms with Crippen LogP contribution in [-0.2, 0) is 17.6 Å². The molecule has 2 N–H and O–H groups in total. The molecule has 142 valence electrons. The summed E-state index contributed by atoms with van der Waals surface area (Å²) in [5, 5.41) is 5.94. The second-order valence-corrected chi connectivity index (χ2v) is 8.18. The molecular weight excluding hydrogens is 330 g/mol. The van der Waals surface area contributed by atoms with E-state index in [0.29, 0.717) is 13.1 Å². The molecule has 0 atom stereocenters. The Morgan fingerprint density at radius 3 is 2.50 bits per heavy atom. The highest BCUT2D eigenvalue weighted by molar-refractivity contribution is 5.89. The summed E-state index contributed by atoms with van der Waals surface area (Å²) < 4.78 is 5.40. The standard InChI is InChI=1S/C20H29N3O3/c1-20(2,3)26-19(25)23-11-9-16(10-12-23)21-18(24)22-17-8-7-14-5-4-6-15(14)13-17/h7-8,13,16H,4-6,9-12H2,1-3H3,(H2,21,22,24). The predicted octanol–water partition coefficient (Wildman–Crippen LogP) is 3.70. The van der Waals surface area contributed by atoms with Crippen LogP contribution in [0.4, 0.5) is 15.3 Å². The fourth-order valence-corrected chi connectivity index (χ4v) is 3.54. The third kappa shape index (κ3) is 4.90. The maximum atomic E-state index is 12.3. The van der Waals surface area contributed by atoms with Gasteiger partial charge in [0.1, 0.15) is 5.60 Å². The first-order chi connectivity index (χ1) is 12.3.